The predicted molar refractivity (Wildman–Crippen MR) is 105 cm³/mol. The molecular formula is C20H32N4O3. The number of anilines is 1. The molecule has 0 bridgehead atoms. The van der Waals surface area contributed by atoms with Crippen molar-refractivity contribution in [3.8, 4) is 0 Å². The van der Waals surface area contributed by atoms with E-state index < -0.39 is 0 Å². The molecule has 0 aromatic carbocycles. The first-order valence-corrected chi connectivity index (χ1v) is 9.76. The largest absolute Gasteiger partial charge is 0.468 e. The fraction of sp³-hybridized carbons (Fsp3) is 0.650. The molecule has 1 aliphatic rings. The minimum absolute atomic E-state index is 0.0101. The van der Waals surface area contributed by atoms with Gasteiger partial charge < -0.3 is 24.1 Å². The molecule has 1 fully saturated rings. The standard InChI is InChI=1S/C20H32N4O3/c1-15(2)13-26-14-18(19-6-5-9-27-19)21-12-17-16(3)22-23(4)20(17)24-7-10-25-11-8-24/h5-6,9,15,18,21H,7-8,10-14H2,1-4H3. The van der Waals surface area contributed by atoms with E-state index in [2.05, 4.69) is 36.1 Å². The molecule has 7 heteroatoms. The van der Waals surface area contributed by atoms with Crippen molar-refractivity contribution < 1.29 is 13.9 Å². The normalized spacial score (nSPS) is 16.3. The van der Waals surface area contributed by atoms with Crippen molar-refractivity contribution in [3.05, 3.63) is 35.4 Å². The number of hydrogen-bond donors (Lipinski definition) is 1. The summed E-state index contributed by atoms with van der Waals surface area (Å²) in [7, 11) is 2.01. The van der Waals surface area contributed by atoms with Gasteiger partial charge in [0.15, 0.2) is 0 Å². The Morgan fingerprint density at radius 2 is 2.04 bits per heavy atom. The molecule has 1 aliphatic heterocycles. The van der Waals surface area contributed by atoms with Crippen LogP contribution < -0.4 is 10.2 Å². The highest BCUT2D eigenvalue weighted by molar-refractivity contribution is 5.50. The number of rotatable bonds is 9. The molecule has 2 aromatic rings. The van der Waals surface area contributed by atoms with Gasteiger partial charge in [0.1, 0.15) is 11.6 Å². The first-order chi connectivity index (χ1) is 13.1. The third-order valence-electron chi connectivity index (χ3n) is 4.77. The first kappa shape index (κ1) is 19.9. The molecule has 0 saturated carbocycles. The second-order valence-electron chi connectivity index (χ2n) is 7.49. The Morgan fingerprint density at radius 3 is 2.70 bits per heavy atom. The zero-order valence-electron chi connectivity index (χ0n) is 16.9. The summed E-state index contributed by atoms with van der Waals surface area (Å²) in [4.78, 5) is 2.36. The van der Waals surface area contributed by atoms with Gasteiger partial charge in [-0.15, -0.1) is 0 Å². The van der Waals surface area contributed by atoms with E-state index in [-0.39, 0.29) is 6.04 Å². The summed E-state index contributed by atoms with van der Waals surface area (Å²) in [5, 5.41) is 8.27. The highest BCUT2D eigenvalue weighted by Gasteiger charge is 2.23. The van der Waals surface area contributed by atoms with Crippen molar-refractivity contribution in [1.82, 2.24) is 15.1 Å². The van der Waals surface area contributed by atoms with Gasteiger partial charge in [0, 0.05) is 38.9 Å². The van der Waals surface area contributed by atoms with Crippen LogP contribution >= 0.6 is 0 Å². The van der Waals surface area contributed by atoms with E-state index in [4.69, 9.17) is 13.9 Å². The van der Waals surface area contributed by atoms with Crippen molar-refractivity contribution in [2.75, 3.05) is 44.4 Å². The zero-order chi connectivity index (χ0) is 19.2. The molecule has 150 valence electrons. The fourth-order valence-corrected chi connectivity index (χ4v) is 3.45. The molecule has 1 saturated heterocycles. The average Bonchev–Trinajstić information content (AvgIpc) is 3.26. The Morgan fingerprint density at radius 1 is 1.26 bits per heavy atom. The quantitative estimate of drug-likeness (QED) is 0.726. The molecule has 0 radical (unpaired) electrons. The number of aryl methyl sites for hydroxylation is 2. The molecule has 2 aromatic heterocycles. The van der Waals surface area contributed by atoms with Crippen LogP contribution in [0, 0.1) is 12.8 Å². The minimum Gasteiger partial charge on any atom is -0.468 e. The van der Waals surface area contributed by atoms with E-state index in [9.17, 15) is 0 Å². The lowest BCUT2D eigenvalue weighted by Gasteiger charge is -2.30. The summed E-state index contributed by atoms with van der Waals surface area (Å²) < 4.78 is 19.0. The van der Waals surface area contributed by atoms with Crippen LogP contribution in [0.3, 0.4) is 0 Å². The van der Waals surface area contributed by atoms with E-state index in [1.54, 1.807) is 6.26 Å². The summed E-state index contributed by atoms with van der Waals surface area (Å²) in [6, 6.07) is 3.92. The maximum absolute atomic E-state index is 5.88. The molecule has 0 spiro atoms. The SMILES string of the molecule is Cc1nn(C)c(N2CCOCC2)c1CNC(COCC(C)C)c1ccco1. The zero-order valence-corrected chi connectivity index (χ0v) is 16.9. The molecule has 0 aliphatic carbocycles. The number of furan rings is 1. The Labute approximate surface area is 161 Å². The fourth-order valence-electron chi connectivity index (χ4n) is 3.45. The van der Waals surface area contributed by atoms with Gasteiger partial charge in [-0.25, -0.2) is 0 Å². The highest BCUT2D eigenvalue weighted by atomic mass is 16.5. The van der Waals surface area contributed by atoms with Gasteiger partial charge in [-0.05, 0) is 25.0 Å². The lowest BCUT2D eigenvalue weighted by molar-refractivity contribution is 0.0844. The number of nitrogens with zero attached hydrogens (tertiary/aromatic N) is 3. The number of hydrogen-bond acceptors (Lipinski definition) is 6. The molecule has 27 heavy (non-hydrogen) atoms. The van der Waals surface area contributed by atoms with Gasteiger partial charge in [-0.2, -0.15) is 5.10 Å². The van der Waals surface area contributed by atoms with Crippen LogP contribution in [0.2, 0.25) is 0 Å². The van der Waals surface area contributed by atoms with E-state index >= 15 is 0 Å². The third-order valence-corrected chi connectivity index (χ3v) is 4.77. The summed E-state index contributed by atoms with van der Waals surface area (Å²) in [6.45, 7) is 11.7. The summed E-state index contributed by atoms with van der Waals surface area (Å²) in [5.41, 5.74) is 2.27. The summed E-state index contributed by atoms with van der Waals surface area (Å²) in [6.07, 6.45) is 1.71. The number of nitrogens with one attached hydrogen (secondary N) is 1. The second kappa shape index (κ2) is 9.39. The van der Waals surface area contributed by atoms with Crippen molar-refractivity contribution >= 4 is 5.82 Å². The van der Waals surface area contributed by atoms with Crippen molar-refractivity contribution in [2.45, 2.75) is 33.4 Å². The summed E-state index contributed by atoms with van der Waals surface area (Å²) >= 11 is 0. The Hall–Kier alpha value is -1.83. The monoisotopic (exact) mass is 376 g/mol. The van der Waals surface area contributed by atoms with E-state index in [1.807, 2.05) is 23.9 Å². The van der Waals surface area contributed by atoms with E-state index in [0.29, 0.717) is 19.1 Å². The molecule has 0 amide bonds. The molecule has 1 N–H and O–H groups in total. The average molecular weight is 377 g/mol. The topological polar surface area (TPSA) is 64.7 Å². The number of morpholine rings is 1. The van der Waals surface area contributed by atoms with Crippen molar-refractivity contribution in [3.63, 3.8) is 0 Å². The van der Waals surface area contributed by atoms with E-state index in [1.165, 1.54) is 11.4 Å². The van der Waals surface area contributed by atoms with Gasteiger partial charge >= 0.3 is 0 Å². The number of ether oxygens (including phenoxy) is 2. The number of aromatic nitrogens is 2. The van der Waals surface area contributed by atoms with Gasteiger partial charge in [0.25, 0.3) is 0 Å². The molecule has 3 heterocycles. The summed E-state index contributed by atoms with van der Waals surface area (Å²) in [5.74, 6) is 2.58. The maximum Gasteiger partial charge on any atom is 0.131 e. The predicted octanol–water partition coefficient (Wildman–Crippen LogP) is 2.66. The van der Waals surface area contributed by atoms with Crippen LogP contribution in [-0.4, -0.2) is 49.3 Å². The van der Waals surface area contributed by atoms with Crippen LogP contribution in [0.5, 0.6) is 0 Å². The smallest absolute Gasteiger partial charge is 0.131 e. The lowest BCUT2D eigenvalue weighted by atomic mass is 10.1. The maximum atomic E-state index is 5.88. The van der Waals surface area contributed by atoms with Gasteiger partial charge in [-0.3, -0.25) is 4.68 Å². The Kier molecular flexibility index (Phi) is 6.93. The lowest BCUT2D eigenvalue weighted by Crippen LogP contribution is -2.38. The van der Waals surface area contributed by atoms with Gasteiger partial charge in [0.05, 0.1) is 37.8 Å². The van der Waals surface area contributed by atoms with Crippen LogP contribution in [0.1, 0.15) is 36.9 Å². The highest BCUT2D eigenvalue weighted by Crippen LogP contribution is 2.25. The molecule has 3 rings (SSSR count). The van der Waals surface area contributed by atoms with Crippen molar-refractivity contribution in [1.29, 1.82) is 0 Å². The molecule has 1 unspecified atom stereocenters. The second-order valence-corrected chi connectivity index (χ2v) is 7.49. The van der Waals surface area contributed by atoms with Crippen LogP contribution in [-0.2, 0) is 23.1 Å². The Balaban J connectivity index is 1.71. The molecule has 1 atom stereocenters. The van der Waals surface area contributed by atoms with Crippen LogP contribution in [0.4, 0.5) is 5.82 Å². The third kappa shape index (κ3) is 5.12. The van der Waals surface area contributed by atoms with Gasteiger partial charge in [0.2, 0.25) is 0 Å². The van der Waals surface area contributed by atoms with Crippen LogP contribution in [0.15, 0.2) is 22.8 Å². The van der Waals surface area contributed by atoms with E-state index in [0.717, 1.165) is 44.4 Å². The van der Waals surface area contributed by atoms with Crippen molar-refractivity contribution in [2.24, 2.45) is 13.0 Å². The molecule has 7 nitrogen and oxygen atoms in total. The molecular weight excluding hydrogens is 344 g/mol. The minimum atomic E-state index is 0.0101. The first-order valence-electron chi connectivity index (χ1n) is 9.76. The Bertz CT molecular complexity index is 690. The van der Waals surface area contributed by atoms with Crippen LogP contribution in [0.25, 0.3) is 0 Å². The van der Waals surface area contributed by atoms with Gasteiger partial charge in [-0.1, -0.05) is 13.8 Å².